The number of esters is 1. The van der Waals surface area contributed by atoms with E-state index >= 15 is 0 Å². The monoisotopic (exact) mass is 233 g/mol. The lowest BCUT2D eigenvalue weighted by molar-refractivity contribution is -0.136. The molecular weight excluding hydrogens is 214 g/mol. The fraction of sp³-hybridized carbons (Fsp3) is 0.357. The predicted molar refractivity (Wildman–Crippen MR) is 68.4 cm³/mol. The van der Waals surface area contributed by atoms with E-state index in [1.54, 1.807) is 6.92 Å². The minimum absolute atomic E-state index is 0.163. The number of hydrogen-bond acceptors (Lipinski definition) is 3. The molecule has 1 rings (SSSR count). The molecule has 0 radical (unpaired) electrons. The summed E-state index contributed by atoms with van der Waals surface area (Å²) in [5.74, 6) is -0.296. The second-order valence-corrected chi connectivity index (χ2v) is 4.02. The molecule has 0 saturated carbocycles. The van der Waals surface area contributed by atoms with Crippen LogP contribution in [0.4, 0.5) is 0 Å². The first kappa shape index (κ1) is 13.3. The van der Waals surface area contributed by atoms with Crippen LogP contribution in [0.25, 0.3) is 0 Å². The van der Waals surface area contributed by atoms with Gasteiger partial charge < -0.3 is 10.1 Å². The molecule has 0 aromatic heterocycles. The maximum atomic E-state index is 11.4. The van der Waals surface area contributed by atoms with Gasteiger partial charge in [0.05, 0.1) is 12.7 Å². The minimum Gasteiger partial charge on any atom is -0.466 e. The van der Waals surface area contributed by atoms with Gasteiger partial charge in [-0.1, -0.05) is 30.3 Å². The van der Waals surface area contributed by atoms with Crippen molar-refractivity contribution in [3.63, 3.8) is 0 Å². The molecule has 1 aromatic carbocycles. The number of methoxy groups -OCH3 is 1. The Labute approximate surface area is 102 Å². The first-order chi connectivity index (χ1) is 8.06. The Hall–Kier alpha value is -1.77. The van der Waals surface area contributed by atoms with Crippen LogP contribution in [0.1, 0.15) is 32.4 Å². The lowest BCUT2D eigenvalue weighted by atomic mass is 10.1. The third-order valence-electron chi connectivity index (χ3n) is 2.79. The van der Waals surface area contributed by atoms with Crippen LogP contribution in [0.2, 0.25) is 0 Å². The number of rotatable bonds is 4. The van der Waals surface area contributed by atoms with Crippen LogP contribution < -0.4 is 5.32 Å². The van der Waals surface area contributed by atoms with Crippen LogP contribution in [0, 0.1) is 0 Å². The number of ether oxygens (including phenoxy) is 1. The normalized spacial score (nSPS) is 13.6. The predicted octanol–water partition coefficient (Wildman–Crippen LogP) is 2.80. The summed E-state index contributed by atoms with van der Waals surface area (Å²) in [5.41, 5.74) is 2.63. The fourth-order valence-corrected chi connectivity index (χ4v) is 1.56. The highest BCUT2D eigenvalue weighted by atomic mass is 16.5. The summed E-state index contributed by atoms with van der Waals surface area (Å²) in [5, 5.41) is 3.29. The van der Waals surface area contributed by atoms with Crippen molar-refractivity contribution in [2.45, 2.75) is 26.8 Å². The largest absolute Gasteiger partial charge is 0.466 e. The number of allylic oxidation sites excluding steroid dienone is 1. The van der Waals surface area contributed by atoms with E-state index in [9.17, 15) is 4.79 Å². The van der Waals surface area contributed by atoms with E-state index in [0.29, 0.717) is 5.57 Å². The average Bonchev–Trinajstić information content (AvgIpc) is 2.37. The van der Waals surface area contributed by atoms with Gasteiger partial charge >= 0.3 is 5.97 Å². The highest BCUT2D eigenvalue weighted by molar-refractivity contribution is 5.88. The van der Waals surface area contributed by atoms with Gasteiger partial charge in [0.2, 0.25) is 0 Å². The van der Waals surface area contributed by atoms with Crippen LogP contribution in [0.5, 0.6) is 0 Å². The van der Waals surface area contributed by atoms with Crippen molar-refractivity contribution in [2.24, 2.45) is 0 Å². The summed E-state index contributed by atoms with van der Waals surface area (Å²) in [4.78, 5) is 11.4. The van der Waals surface area contributed by atoms with Gasteiger partial charge in [-0.2, -0.15) is 0 Å². The topological polar surface area (TPSA) is 38.3 Å². The van der Waals surface area contributed by atoms with Gasteiger partial charge in [0.15, 0.2) is 0 Å². The molecule has 3 nitrogen and oxygen atoms in total. The first-order valence-corrected chi connectivity index (χ1v) is 5.63. The van der Waals surface area contributed by atoms with Crippen molar-refractivity contribution in [2.75, 3.05) is 7.11 Å². The SMILES string of the molecule is COC(=O)/C(C)=C(/C)N[C@@H](C)c1ccccc1. The Kier molecular flexibility index (Phi) is 4.76. The quantitative estimate of drug-likeness (QED) is 0.642. The van der Waals surface area contributed by atoms with E-state index in [4.69, 9.17) is 0 Å². The van der Waals surface area contributed by atoms with E-state index in [-0.39, 0.29) is 12.0 Å². The molecule has 1 atom stereocenters. The smallest absolute Gasteiger partial charge is 0.335 e. The molecule has 3 heteroatoms. The Morgan fingerprint density at radius 3 is 2.35 bits per heavy atom. The van der Waals surface area contributed by atoms with Crippen LogP contribution in [0.3, 0.4) is 0 Å². The molecular formula is C14H19NO2. The summed E-state index contributed by atoms with van der Waals surface area (Å²) < 4.78 is 4.68. The highest BCUT2D eigenvalue weighted by Gasteiger charge is 2.10. The summed E-state index contributed by atoms with van der Waals surface area (Å²) in [7, 11) is 1.39. The number of carbonyl (C=O) groups excluding carboxylic acids is 1. The number of nitrogens with one attached hydrogen (secondary N) is 1. The zero-order chi connectivity index (χ0) is 12.8. The molecule has 0 aliphatic heterocycles. The third kappa shape index (κ3) is 3.63. The van der Waals surface area contributed by atoms with Gasteiger partial charge in [0.25, 0.3) is 0 Å². The maximum absolute atomic E-state index is 11.4. The molecule has 0 fully saturated rings. The average molecular weight is 233 g/mol. The molecule has 0 unspecified atom stereocenters. The van der Waals surface area contributed by atoms with Crippen molar-refractivity contribution in [3.8, 4) is 0 Å². The summed E-state index contributed by atoms with van der Waals surface area (Å²) in [6, 6.07) is 10.3. The molecule has 92 valence electrons. The molecule has 0 bridgehead atoms. The molecule has 0 aliphatic carbocycles. The lowest BCUT2D eigenvalue weighted by Crippen LogP contribution is -2.19. The van der Waals surface area contributed by atoms with Crippen molar-refractivity contribution in [1.29, 1.82) is 0 Å². The molecule has 0 spiro atoms. The van der Waals surface area contributed by atoms with E-state index in [0.717, 1.165) is 5.70 Å². The van der Waals surface area contributed by atoms with Crippen molar-refractivity contribution in [1.82, 2.24) is 5.32 Å². The number of benzene rings is 1. The maximum Gasteiger partial charge on any atom is 0.335 e. The lowest BCUT2D eigenvalue weighted by Gasteiger charge is -2.17. The summed E-state index contributed by atoms with van der Waals surface area (Å²) in [6.45, 7) is 5.70. The zero-order valence-corrected chi connectivity index (χ0v) is 10.8. The Balaban J connectivity index is 2.75. The van der Waals surface area contributed by atoms with E-state index in [1.807, 2.05) is 25.1 Å². The van der Waals surface area contributed by atoms with Crippen LogP contribution >= 0.6 is 0 Å². The first-order valence-electron chi connectivity index (χ1n) is 5.63. The molecule has 1 N–H and O–H groups in total. The van der Waals surface area contributed by atoms with Crippen molar-refractivity contribution in [3.05, 3.63) is 47.2 Å². The van der Waals surface area contributed by atoms with Crippen molar-refractivity contribution >= 4 is 5.97 Å². The number of hydrogen-bond donors (Lipinski definition) is 1. The van der Waals surface area contributed by atoms with Crippen LogP contribution in [-0.4, -0.2) is 13.1 Å². The van der Waals surface area contributed by atoms with Gasteiger partial charge in [0.1, 0.15) is 0 Å². The molecule has 17 heavy (non-hydrogen) atoms. The van der Waals surface area contributed by atoms with Crippen LogP contribution in [0.15, 0.2) is 41.6 Å². The van der Waals surface area contributed by atoms with Gasteiger partial charge in [-0.3, -0.25) is 0 Å². The summed E-state index contributed by atoms with van der Waals surface area (Å²) >= 11 is 0. The Morgan fingerprint density at radius 2 is 1.82 bits per heavy atom. The molecule has 0 saturated heterocycles. The van der Waals surface area contributed by atoms with E-state index in [1.165, 1.54) is 12.7 Å². The summed E-state index contributed by atoms with van der Waals surface area (Å²) in [6.07, 6.45) is 0. The zero-order valence-electron chi connectivity index (χ0n) is 10.8. The molecule has 0 amide bonds. The standard InChI is InChI=1S/C14H19NO2/c1-10(14(16)17-4)11(2)15-12(3)13-8-6-5-7-9-13/h5-9,12,15H,1-4H3/b11-10-/t12-/m0/s1. The second-order valence-electron chi connectivity index (χ2n) is 4.02. The van der Waals surface area contributed by atoms with Crippen molar-refractivity contribution < 1.29 is 9.53 Å². The second kappa shape index (κ2) is 6.09. The minimum atomic E-state index is -0.296. The molecule has 1 aromatic rings. The van der Waals surface area contributed by atoms with Gasteiger partial charge in [-0.25, -0.2) is 4.79 Å². The third-order valence-corrected chi connectivity index (χ3v) is 2.79. The number of carbonyl (C=O) groups is 1. The molecule has 0 aliphatic rings. The highest BCUT2D eigenvalue weighted by Crippen LogP contribution is 2.14. The van der Waals surface area contributed by atoms with Gasteiger partial charge in [0, 0.05) is 11.7 Å². The Morgan fingerprint density at radius 1 is 1.24 bits per heavy atom. The van der Waals surface area contributed by atoms with Gasteiger partial charge in [-0.05, 0) is 26.3 Å². The fourth-order valence-electron chi connectivity index (χ4n) is 1.56. The van der Waals surface area contributed by atoms with Gasteiger partial charge in [-0.15, -0.1) is 0 Å². The van der Waals surface area contributed by atoms with E-state index in [2.05, 4.69) is 29.1 Å². The van der Waals surface area contributed by atoms with Crippen LogP contribution in [-0.2, 0) is 9.53 Å². The molecule has 0 heterocycles. The van der Waals surface area contributed by atoms with E-state index < -0.39 is 0 Å². The Bertz CT molecular complexity index is 409.